The van der Waals surface area contributed by atoms with Crippen LogP contribution in [-0.4, -0.2) is 55.1 Å². The molecule has 2 fully saturated rings. The molecule has 4 rings (SSSR count). The van der Waals surface area contributed by atoms with E-state index in [-0.39, 0.29) is 30.7 Å². The van der Waals surface area contributed by atoms with E-state index in [1.807, 2.05) is 13.1 Å². The van der Waals surface area contributed by atoms with Crippen molar-refractivity contribution in [2.75, 3.05) is 38.1 Å². The van der Waals surface area contributed by atoms with Gasteiger partial charge in [-0.15, -0.1) is 24.8 Å². The molecular weight excluding hydrogens is 403 g/mol. The van der Waals surface area contributed by atoms with Crippen LogP contribution in [0.1, 0.15) is 25.7 Å². The normalized spacial score (nSPS) is 20.9. The summed E-state index contributed by atoms with van der Waals surface area (Å²) in [5.41, 5.74) is 1.08. The third-order valence-electron chi connectivity index (χ3n) is 5.54. The Morgan fingerprint density at radius 3 is 2.59 bits per heavy atom. The molecule has 8 heteroatoms. The van der Waals surface area contributed by atoms with E-state index in [0.717, 1.165) is 56.1 Å². The van der Waals surface area contributed by atoms with Crippen molar-refractivity contribution in [1.82, 2.24) is 15.2 Å². The lowest BCUT2D eigenvalue weighted by atomic mass is 9.94. The first kappa shape index (κ1) is 22.2. The fourth-order valence-corrected chi connectivity index (χ4v) is 5.00. The molecule has 2 aromatic rings. The Morgan fingerprint density at radius 1 is 1.15 bits per heavy atom. The van der Waals surface area contributed by atoms with Crippen molar-refractivity contribution in [2.24, 2.45) is 5.92 Å². The number of anilines is 1. The van der Waals surface area contributed by atoms with Crippen LogP contribution < -0.4 is 10.2 Å². The number of nitrogens with one attached hydrogen (secondary N) is 1. The Morgan fingerprint density at radius 2 is 1.89 bits per heavy atom. The minimum Gasteiger partial charge on any atom is -0.348 e. The summed E-state index contributed by atoms with van der Waals surface area (Å²) in [7, 11) is 2.00. The Bertz CT molecular complexity index is 715. The molecule has 2 aliphatic heterocycles. The van der Waals surface area contributed by atoms with Crippen LogP contribution in [0.5, 0.6) is 0 Å². The molecule has 1 atom stereocenters. The monoisotopic (exact) mass is 430 g/mol. The number of nitrogens with zero attached hydrogens (tertiary/aromatic N) is 3. The summed E-state index contributed by atoms with van der Waals surface area (Å²) in [5.74, 6) is 0.546. The highest BCUT2D eigenvalue weighted by atomic mass is 35.5. The van der Waals surface area contributed by atoms with Crippen molar-refractivity contribution in [3.63, 3.8) is 0 Å². The van der Waals surface area contributed by atoms with Crippen LogP contribution in [0.15, 0.2) is 24.3 Å². The molecule has 2 saturated heterocycles. The summed E-state index contributed by atoms with van der Waals surface area (Å²) in [6, 6.07) is 8.75. The van der Waals surface area contributed by atoms with Crippen molar-refractivity contribution in [1.29, 1.82) is 0 Å². The van der Waals surface area contributed by atoms with Crippen molar-refractivity contribution in [2.45, 2.75) is 31.7 Å². The summed E-state index contributed by atoms with van der Waals surface area (Å²) >= 11 is 1.76. The molecule has 0 saturated carbocycles. The van der Waals surface area contributed by atoms with Gasteiger partial charge in [0.15, 0.2) is 5.13 Å². The number of benzene rings is 1. The third kappa shape index (κ3) is 4.86. The molecule has 3 heterocycles. The molecule has 1 unspecified atom stereocenters. The zero-order valence-electron chi connectivity index (χ0n) is 15.6. The molecule has 0 aliphatic carbocycles. The Kier molecular flexibility index (Phi) is 8.16. The number of piperidine rings is 2. The largest absolute Gasteiger partial charge is 0.348 e. The SMILES string of the molecule is CNC1CCCN(C(=O)C2CCN(c3nc4ccccc4s3)CC2)C1.Cl.Cl. The molecule has 5 nitrogen and oxygen atoms in total. The van der Waals surface area contributed by atoms with Gasteiger partial charge in [-0.05, 0) is 44.9 Å². The van der Waals surface area contributed by atoms with Crippen LogP contribution >= 0.6 is 36.2 Å². The molecule has 0 spiro atoms. The van der Waals surface area contributed by atoms with Crippen LogP contribution in [0.2, 0.25) is 0 Å². The summed E-state index contributed by atoms with van der Waals surface area (Å²) < 4.78 is 1.24. The summed E-state index contributed by atoms with van der Waals surface area (Å²) in [4.78, 5) is 22.1. The first-order chi connectivity index (χ1) is 12.2. The van der Waals surface area contributed by atoms with Gasteiger partial charge in [0.25, 0.3) is 0 Å². The first-order valence-electron chi connectivity index (χ1n) is 9.31. The van der Waals surface area contributed by atoms with Crippen LogP contribution in [0.4, 0.5) is 5.13 Å². The number of carbonyl (C=O) groups excluding carboxylic acids is 1. The maximum atomic E-state index is 12.9. The Hall–Kier alpha value is -1.08. The van der Waals surface area contributed by atoms with Crippen molar-refractivity contribution >= 4 is 57.4 Å². The fraction of sp³-hybridized carbons (Fsp3) is 0.579. The highest BCUT2D eigenvalue weighted by Gasteiger charge is 2.31. The molecule has 1 aromatic heterocycles. The Balaban J connectivity index is 0.00000131. The van der Waals surface area contributed by atoms with Gasteiger partial charge in [0.2, 0.25) is 5.91 Å². The predicted octanol–water partition coefficient (Wildman–Crippen LogP) is 3.57. The summed E-state index contributed by atoms with van der Waals surface area (Å²) in [5, 5.41) is 4.42. The summed E-state index contributed by atoms with van der Waals surface area (Å²) in [6.07, 6.45) is 4.17. The van der Waals surface area contributed by atoms with E-state index in [2.05, 4.69) is 33.3 Å². The fourth-order valence-electron chi connectivity index (χ4n) is 3.98. The van der Waals surface area contributed by atoms with E-state index in [0.29, 0.717) is 11.9 Å². The number of para-hydroxylation sites is 1. The lowest BCUT2D eigenvalue weighted by Gasteiger charge is -2.37. The van der Waals surface area contributed by atoms with Gasteiger partial charge in [-0.2, -0.15) is 0 Å². The topological polar surface area (TPSA) is 48.5 Å². The highest BCUT2D eigenvalue weighted by Crippen LogP contribution is 2.32. The molecule has 2 aliphatic rings. The summed E-state index contributed by atoms with van der Waals surface area (Å²) in [6.45, 7) is 3.65. The van der Waals surface area contributed by atoms with E-state index in [9.17, 15) is 4.79 Å². The molecule has 1 amide bonds. The van der Waals surface area contributed by atoms with E-state index < -0.39 is 0 Å². The van der Waals surface area contributed by atoms with Crippen LogP contribution in [-0.2, 0) is 4.79 Å². The van der Waals surface area contributed by atoms with Gasteiger partial charge in [0, 0.05) is 38.1 Å². The number of likely N-dealkylation sites (N-methyl/N-ethyl adjacent to an activating group) is 1. The predicted molar refractivity (Wildman–Crippen MR) is 118 cm³/mol. The van der Waals surface area contributed by atoms with Crippen molar-refractivity contribution < 1.29 is 4.79 Å². The standard InChI is InChI=1S/C19H26N4OS.2ClH/c1-20-15-5-4-10-23(13-15)18(24)14-8-11-22(12-9-14)19-21-16-6-2-3-7-17(16)25-19;;/h2-3,6-7,14-15,20H,4-5,8-13H2,1H3;2*1H. The van der Waals surface area contributed by atoms with Crippen LogP contribution in [0.25, 0.3) is 10.2 Å². The van der Waals surface area contributed by atoms with E-state index in [4.69, 9.17) is 4.98 Å². The molecule has 0 bridgehead atoms. The highest BCUT2D eigenvalue weighted by molar-refractivity contribution is 7.22. The van der Waals surface area contributed by atoms with E-state index in [1.165, 1.54) is 11.1 Å². The number of hydrogen-bond acceptors (Lipinski definition) is 5. The second-order valence-corrected chi connectivity index (χ2v) is 8.15. The van der Waals surface area contributed by atoms with E-state index in [1.54, 1.807) is 11.3 Å². The molecular formula is C19H28Cl2N4OS. The zero-order chi connectivity index (χ0) is 17.2. The number of aromatic nitrogens is 1. The van der Waals surface area contributed by atoms with Crippen LogP contribution in [0, 0.1) is 5.92 Å². The van der Waals surface area contributed by atoms with Gasteiger partial charge in [-0.25, -0.2) is 4.98 Å². The number of likely N-dealkylation sites (tertiary alicyclic amines) is 1. The van der Waals surface area contributed by atoms with Gasteiger partial charge in [0.05, 0.1) is 10.2 Å². The van der Waals surface area contributed by atoms with Crippen LogP contribution in [0.3, 0.4) is 0 Å². The number of hydrogen-bond donors (Lipinski definition) is 1. The molecule has 0 radical (unpaired) electrons. The Labute approximate surface area is 177 Å². The number of halogens is 2. The minimum absolute atomic E-state index is 0. The van der Waals surface area contributed by atoms with Gasteiger partial charge >= 0.3 is 0 Å². The maximum absolute atomic E-state index is 12.9. The smallest absolute Gasteiger partial charge is 0.225 e. The average molecular weight is 431 g/mol. The quantitative estimate of drug-likeness (QED) is 0.808. The molecule has 1 aromatic carbocycles. The second-order valence-electron chi connectivity index (χ2n) is 7.14. The van der Waals surface area contributed by atoms with Gasteiger partial charge in [-0.3, -0.25) is 4.79 Å². The molecule has 27 heavy (non-hydrogen) atoms. The van der Waals surface area contributed by atoms with Gasteiger partial charge in [-0.1, -0.05) is 23.5 Å². The lowest BCUT2D eigenvalue weighted by molar-refractivity contribution is -0.137. The minimum atomic E-state index is 0. The zero-order valence-corrected chi connectivity index (χ0v) is 18.0. The number of fused-ring (bicyclic) bond motifs is 1. The molecule has 1 N–H and O–H groups in total. The number of thiazole rings is 1. The van der Waals surface area contributed by atoms with Gasteiger partial charge in [0.1, 0.15) is 0 Å². The first-order valence-corrected chi connectivity index (χ1v) is 10.1. The van der Waals surface area contributed by atoms with Crippen molar-refractivity contribution in [3.05, 3.63) is 24.3 Å². The third-order valence-corrected chi connectivity index (χ3v) is 6.64. The van der Waals surface area contributed by atoms with E-state index >= 15 is 0 Å². The number of rotatable bonds is 3. The average Bonchev–Trinajstić information content (AvgIpc) is 3.12. The molecule has 150 valence electrons. The lowest BCUT2D eigenvalue weighted by Crippen LogP contribution is -2.50. The number of carbonyl (C=O) groups is 1. The van der Waals surface area contributed by atoms with Crippen molar-refractivity contribution in [3.8, 4) is 0 Å². The van der Waals surface area contributed by atoms with Gasteiger partial charge < -0.3 is 15.1 Å². The maximum Gasteiger partial charge on any atom is 0.225 e. The number of amides is 1. The second kappa shape index (κ2) is 9.92.